The van der Waals surface area contributed by atoms with Gasteiger partial charge in [-0.15, -0.1) is 18.3 Å². The predicted octanol–water partition coefficient (Wildman–Crippen LogP) is 1.85. The van der Waals surface area contributed by atoms with Crippen molar-refractivity contribution in [2.75, 3.05) is 14.1 Å². The van der Waals surface area contributed by atoms with Crippen molar-refractivity contribution in [2.45, 2.75) is 13.3 Å². The van der Waals surface area contributed by atoms with Crippen molar-refractivity contribution in [2.24, 2.45) is 0 Å². The van der Waals surface area contributed by atoms with Crippen molar-refractivity contribution in [3.8, 4) is 11.8 Å². The van der Waals surface area contributed by atoms with Gasteiger partial charge in [0.05, 0.1) is 0 Å². The number of hydrogen-bond donors (Lipinski definition) is 0. The van der Waals surface area contributed by atoms with Crippen molar-refractivity contribution in [1.82, 2.24) is 0 Å². The van der Waals surface area contributed by atoms with Gasteiger partial charge in [0.25, 0.3) is 0 Å². The maximum Gasteiger partial charge on any atom is 0 e. The van der Waals surface area contributed by atoms with E-state index in [-0.39, 0.29) is 32.7 Å². The van der Waals surface area contributed by atoms with Gasteiger partial charge < -0.3 is 12.2 Å². The summed E-state index contributed by atoms with van der Waals surface area (Å²) < 4.78 is 0. The molecule has 0 bridgehead atoms. The Morgan fingerprint density at radius 2 is 1.78 bits per heavy atom. The third-order valence-electron chi connectivity index (χ3n) is 0.302. The average molecular weight is 200 g/mol. The van der Waals surface area contributed by atoms with Gasteiger partial charge in [-0.2, -0.15) is 14.1 Å². The van der Waals surface area contributed by atoms with Crippen LogP contribution < -0.4 is 0 Å². The van der Waals surface area contributed by atoms with Crippen LogP contribution in [0, 0.1) is 18.8 Å². The molecule has 0 aliphatic heterocycles. The van der Waals surface area contributed by atoms with E-state index in [4.69, 9.17) is 0 Å². The minimum atomic E-state index is 0. The first-order valence-electron chi connectivity index (χ1n) is 2.50. The molecule has 0 amide bonds. The van der Waals surface area contributed by atoms with E-state index in [0.717, 1.165) is 6.42 Å². The summed E-state index contributed by atoms with van der Waals surface area (Å²) in [6.07, 6.45) is 0.733. The van der Waals surface area contributed by atoms with Crippen LogP contribution >= 0.6 is 0 Å². The first-order valence-corrected chi connectivity index (χ1v) is 2.50. The zero-order chi connectivity index (χ0) is 6.83. The molecule has 2 heteroatoms. The molecule has 1 radical (unpaired) electrons. The zero-order valence-corrected chi connectivity index (χ0v) is 9.28. The van der Waals surface area contributed by atoms with E-state index in [0.29, 0.717) is 0 Å². The first kappa shape index (κ1) is 16.3. The van der Waals surface area contributed by atoms with Crippen LogP contribution in [-0.4, -0.2) is 14.1 Å². The number of hydrogen-bond acceptors (Lipinski definition) is 0. The molecule has 0 N–H and O–H groups in total. The Morgan fingerprint density at radius 1 is 1.44 bits per heavy atom. The van der Waals surface area contributed by atoms with Gasteiger partial charge >= 0.3 is 0 Å². The Kier molecular flexibility index (Phi) is 42.5. The second-order valence-electron chi connectivity index (χ2n) is 1.12. The fourth-order valence-electron chi connectivity index (χ4n) is 0.125. The van der Waals surface area contributed by atoms with E-state index < -0.39 is 0 Å². The van der Waals surface area contributed by atoms with E-state index >= 15 is 0 Å². The van der Waals surface area contributed by atoms with E-state index in [2.05, 4.69) is 24.1 Å². The minimum absolute atomic E-state index is 0. The zero-order valence-electron chi connectivity index (χ0n) is 6.44. The van der Waals surface area contributed by atoms with Crippen molar-refractivity contribution >= 4 is 0 Å². The smallest absolute Gasteiger partial charge is 0 e. The van der Waals surface area contributed by atoms with Crippen molar-refractivity contribution in [3.05, 3.63) is 12.2 Å². The fourth-order valence-corrected chi connectivity index (χ4v) is 0.125. The molecule has 0 aromatic rings. The monoisotopic (exact) mass is 200 g/mol. The topological polar surface area (TPSA) is 14.1 Å². The maximum atomic E-state index is 3.50. The van der Waals surface area contributed by atoms with Crippen molar-refractivity contribution in [3.63, 3.8) is 0 Å². The molecule has 0 aliphatic carbocycles. The van der Waals surface area contributed by atoms with Crippen LogP contribution in [0.2, 0.25) is 0 Å². The summed E-state index contributed by atoms with van der Waals surface area (Å²) in [6.45, 7) is 5.31. The summed E-state index contributed by atoms with van der Waals surface area (Å²) in [7, 11) is 3.50. The molecule has 0 aromatic carbocycles. The Bertz CT molecular complexity index is 70.7. The van der Waals surface area contributed by atoms with E-state index in [9.17, 15) is 0 Å². The van der Waals surface area contributed by atoms with Gasteiger partial charge in [0, 0.05) is 32.7 Å². The number of nitrogens with zero attached hydrogens (tertiary/aromatic N) is 1. The van der Waals surface area contributed by atoms with Crippen LogP contribution in [0.4, 0.5) is 0 Å². The molecule has 0 saturated heterocycles. The maximum absolute atomic E-state index is 3.50. The molecular formula is C7H13NY-2. The summed E-state index contributed by atoms with van der Waals surface area (Å²) in [5.41, 5.74) is 0. The van der Waals surface area contributed by atoms with Crippen molar-refractivity contribution < 1.29 is 32.7 Å². The summed E-state index contributed by atoms with van der Waals surface area (Å²) >= 11 is 0. The van der Waals surface area contributed by atoms with Gasteiger partial charge in [0.2, 0.25) is 0 Å². The molecule has 0 saturated carbocycles. The molecule has 0 atom stereocenters. The summed E-state index contributed by atoms with van der Waals surface area (Å²) in [4.78, 5) is 0. The summed E-state index contributed by atoms with van der Waals surface area (Å²) in [5.74, 6) is 5.45. The quantitative estimate of drug-likeness (QED) is 0.418. The van der Waals surface area contributed by atoms with Gasteiger partial charge in [-0.3, -0.25) is 0 Å². The van der Waals surface area contributed by atoms with Gasteiger partial charge in [-0.25, -0.2) is 0 Å². The molecule has 0 heterocycles. The van der Waals surface area contributed by atoms with Crippen LogP contribution in [0.3, 0.4) is 0 Å². The standard InChI is InChI=1S/C5H7.C2H6N.Y/c1-3-5-4-2;1-3-2;/h1,3H2,2H3;1-2H3;/q2*-1;. The van der Waals surface area contributed by atoms with Crippen LogP contribution in [0.5, 0.6) is 0 Å². The Balaban J connectivity index is -0.0000000800. The molecule has 51 valence electrons. The summed E-state index contributed by atoms with van der Waals surface area (Å²) in [6, 6.07) is 0. The van der Waals surface area contributed by atoms with Gasteiger partial charge in [0.1, 0.15) is 0 Å². The van der Waals surface area contributed by atoms with E-state index in [1.54, 1.807) is 14.1 Å². The largest absolute Gasteiger partial charge is 0.668 e. The Morgan fingerprint density at radius 3 is 1.78 bits per heavy atom. The van der Waals surface area contributed by atoms with Crippen molar-refractivity contribution in [1.29, 1.82) is 0 Å². The molecule has 0 rings (SSSR count). The normalized spacial score (nSPS) is 4.89. The fraction of sp³-hybridized carbons (Fsp3) is 0.571. The minimum Gasteiger partial charge on any atom is -0.668 e. The SMILES string of the molecule is C[N-]C.[CH2-]CC#CC.[Y]. The predicted molar refractivity (Wildman–Crippen MR) is 38.6 cm³/mol. The van der Waals surface area contributed by atoms with Gasteiger partial charge in [-0.1, -0.05) is 0 Å². The van der Waals surface area contributed by atoms with Crippen LogP contribution in [0.15, 0.2) is 0 Å². The Labute approximate surface area is 83.9 Å². The van der Waals surface area contributed by atoms with Gasteiger partial charge in [-0.05, 0) is 6.92 Å². The van der Waals surface area contributed by atoms with Crippen LogP contribution in [-0.2, 0) is 32.7 Å². The molecule has 9 heavy (non-hydrogen) atoms. The van der Waals surface area contributed by atoms with Crippen LogP contribution in [0.1, 0.15) is 13.3 Å². The molecule has 0 unspecified atom stereocenters. The first-order chi connectivity index (χ1) is 3.83. The third-order valence-corrected chi connectivity index (χ3v) is 0.302. The Hall–Kier alpha value is 0.624. The number of rotatable bonds is 0. The molecule has 0 spiro atoms. The van der Waals surface area contributed by atoms with Gasteiger partial charge in [0.15, 0.2) is 0 Å². The molecule has 0 aromatic heterocycles. The van der Waals surface area contributed by atoms with E-state index in [1.165, 1.54) is 0 Å². The molecule has 1 nitrogen and oxygen atoms in total. The average Bonchev–Trinajstić information content (AvgIpc) is 1.71. The van der Waals surface area contributed by atoms with E-state index in [1.807, 2.05) is 6.92 Å². The molecule has 0 aliphatic rings. The molecular weight excluding hydrogens is 187 g/mol. The molecule has 0 fully saturated rings. The second-order valence-corrected chi connectivity index (χ2v) is 1.12. The summed E-state index contributed by atoms with van der Waals surface area (Å²) in [5, 5.41) is 3.50. The third kappa shape index (κ3) is 55.0. The second kappa shape index (κ2) is 23.4. The van der Waals surface area contributed by atoms with Crippen LogP contribution in [0.25, 0.3) is 5.32 Å².